The first-order chi connectivity index (χ1) is 11.1. The van der Waals surface area contributed by atoms with Gasteiger partial charge in [-0.15, -0.1) is 0 Å². The van der Waals surface area contributed by atoms with E-state index in [0.29, 0.717) is 24.1 Å². The quantitative estimate of drug-likeness (QED) is 0.628. The molecule has 2 heterocycles. The molecule has 1 amide bonds. The van der Waals surface area contributed by atoms with Crippen LogP contribution in [0.5, 0.6) is 0 Å². The van der Waals surface area contributed by atoms with Gasteiger partial charge in [0.2, 0.25) is 5.91 Å². The van der Waals surface area contributed by atoms with E-state index in [9.17, 15) is 4.79 Å². The molecule has 0 aromatic heterocycles. The lowest BCUT2D eigenvalue weighted by Gasteiger charge is -2.34. The second kappa shape index (κ2) is 9.40. The molecule has 23 heavy (non-hydrogen) atoms. The van der Waals surface area contributed by atoms with Crippen molar-refractivity contribution in [2.24, 2.45) is 10.9 Å². The lowest BCUT2D eigenvalue weighted by Crippen LogP contribution is -2.48. The first-order valence-electron chi connectivity index (χ1n) is 8.99. The smallest absolute Gasteiger partial charge is 0.224 e. The predicted octanol–water partition coefficient (Wildman–Crippen LogP) is 2.04. The SMILES string of the molecule is CCC1CN(C(=NC)NCCC(=O)N2CCCC(C)C2)CCS1. The molecule has 1 N–H and O–H groups in total. The summed E-state index contributed by atoms with van der Waals surface area (Å²) in [7, 11) is 1.83. The van der Waals surface area contributed by atoms with Gasteiger partial charge in [-0.3, -0.25) is 9.79 Å². The number of rotatable bonds is 4. The second-order valence-corrected chi connectivity index (χ2v) is 8.07. The number of nitrogens with zero attached hydrogens (tertiary/aromatic N) is 3. The minimum Gasteiger partial charge on any atom is -0.356 e. The standard InChI is InChI=1S/C17H32N4OS/c1-4-15-13-21(10-11-23-15)17(18-3)19-8-7-16(22)20-9-5-6-14(2)12-20/h14-15H,4-13H2,1-3H3,(H,18,19). The summed E-state index contributed by atoms with van der Waals surface area (Å²) in [6.07, 6.45) is 4.15. The van der Waals surface area contributed by atoms with Crippen molar-refractivity contribution in [1.82, 2.24) is 15.1 Å². The molecular weight excluding hydrogens is 308 g/mol. The zero-order valence-corrected chi connectivity index (χ0v) is 15.7. The number of guanidine groups is 1. The number of likely N-dealkylation sites (tertiary alicyclic amines) is 1. The van der Waals surface area contributed by atoms with Crippen molar-refractivity contribution in [2.45, 2.75) is 44.8 Å². The van der Waals surface area contributed by atoms with Gasteiger partial charge in [0, 0.05) is 57.2 Å². The first-order valence-corrected chi connectivity index (χ1v) is 10.0. The van der Waals surface area contributed by atoms with E-state index in [0.717, 1.165) is 44.3 Å². The second-order valence-electron chi connectivity index (χ2n) is 6.66. The Labute approximate surface area is 145 Å². The van der Waals surface area contributed by atoms with Gasteiger partial charge in [0.05, 0.1) is 0 Å². The monoisotopic (exact) mass is 340 g/mol. The number of nitrogens with one attached hydrogen (secondary N) is 1. The fraction of sp³-hybridized carbons (Fsp3) is 0.882. The van der Waals surface area contributed by atoms with E-state index in [1.54, 1.807) is 0 Å². The summed E-state index contributed by atoms with van der Waals surface area (Å²) < 4.78 is 0. The lowest BCUT2D eigenvalue weighted by atomic mass is 10.00. The zero-order chi connectivity index (χ0) is 16.7. The molecule has 0 aromatic rings. The molecule has 0 bridgehead atoms. The maximum atomic E-state index is 12.3. The average Bonchev–Trinajstić information content (AvgIpc) is 2.58. The molecular formula is C17H32N4OS. The Morgan fingerprint density at radius 1 is 1.30 bits per heavy atom. The summed E-state index contributed by atoms with van der Waals surface area (Å²) in [5.74, 6) is 3.03. The van der Waals surface area contributed by atoms with Crippen molar-refractivity contribution in [1.29, 1.82) is 0 Å². The maximum absolute atomic E-state index is 12.3. The van der Waals surface area contributed by atoms with Gasteiger partial charge in [-0.2, -0.15) is 11.8 Å². The fourth-order valence-electron chi connectivity index (χ4n) is 3.35. The van der Waals surface area contributed by atoms with E-state index in [2.05, 4.69) is 40.8 Å². The van der Waals surface area contributed by atoms with Gasteiger partial charge in [0.25, 0.3) is 0 Å². The molecule has 2 saturated heterocycles. The molecule has 0 radical (unpaired) electrons. The van der Waals surface area contributed by atoms with Gasteiger partial charge < -0.3 is 15.1 Å². The number of thioether (sulfide) groups is 1. The number of piperidine rings is 1. The molecule has 2 fully saturated rings. The van der Waals surface area contributed by atoms with Gasteiger partial charge in [0.15, 0.2) is 5.96 Å². The van der Waals surface area contributed by atoms with Crippen molar-refractivity contribution in [3.8, 4) is 0 Å². The molecule has 0 aromatic carbocycles. The third-order valence-corrected chi connectivity index (χ3v) is 6.11. The first kappa shape index (κ1) is 18.4. The predicted molar refractivity (Wildman–Crippen MR) is 99.1 cm³/mol. The van der Waals surface area contributed by atoms with Crippen LogP contribution in [0.25, 0.3) is 0 Å². The van der Waals surface area contributed by atoms with Crippen LogP contribution in [0.4, 0.5) is 0 Å². The van der Waals surface area contributed by atoms with Gasteiger partial charge in [-0.05, 0) is 25.2 Å². The maximum Gasteiger partial charge on any atom is 0.224 e. The normalized spacial score (nSPS) is 26.3. The van der Waals surface area contributed by atoms with Crippen LogP contribution in [0.1, 0.15) is 39.5 Å². The van der Waals surface area contributed by atoms with Gasteiger partial charge >= 0.3 is 0 Å². The molecule has 6 heteroatoms. The number of amides is 1. The van der Waals surface area contributed by atoms with E-state index < -0.39 is 0 Å². The van der Waals surface area contributed by atoms with Gasteiger partial charge in [0.1, 0.15) is 0 Å². The third kappa shape index (κ3) is 5.59. The zero-order valence-electron chi connectivity index (χ0n) is 14.9. The topological polar surface area (TPSA) is 47.9 Å². The van der Waals surface area contributed by atoms with E-state index in [-0.39, 0.29) is 5.91 Å². The van der Waals surface area contributed by atoms with Crippen LogP contribution in [0.15, 0.2) is 4.99 Å². The van der Waals surface area contributed by atoms with E-state index in [1.807, 2.05) is 11.9 Å². The largest absolute Gasteiger partial charge is 0.356 e. The fourth-order valence-corrected chi connectivity index (χ4v) is 4.53. The van der Waals surface area contributed by atoms with E-state index in [4.69, 9.17) is 0 Å². The number of aliphatic imine (C=N–C) groups is 1. The molecule has 0 aliphatic carbocycles. The third-order valence-electron chi connectivity index (χ3n) is 4.74. The molecule has 0 spiro atoms. The van der Waals surface area contributed by atoms with Crippen molar-refractivity contribution in [3.05, 3.63) is 0 Å². The van der Waals surface area contributed by atoms with Crippen LogP contribution < -0.4 is 5.32 Å². The molecule has 2 aliphatic rings. The Morgan fingerprint density at radius 3 is 2.83 bits per heavy atom. The number of carbonyl (C=O) groups is 1. The average molecular weight is 341 g/mol. The highest BCUT2D eigenvalue weighted by atomic mass is 32.2. The summed E-state index contributed by atoms with van der Waals surface area (Å²) in [6, 6.07) is 0. The van der Waals surface area contributed by atoms with Crippen LogP contribution in [-0.4, -0.2) is 72.4 Å². The van der Waals surface area contributed by atoms with Crippen LogP contribution in [0, 0.1) is 5.92 Å². The molecule has 132 valence electrons. The van der Waals surface area contributed by atoms with Gasteiger partial charge in [-0.25, -0.2) is 0 Å². The van der Waals surface area contributed by atoms with Crippen molar-refractivity contribution in [3.63, 3.8) is 0 Å². The number of carbonyl (C=O) groups excluding carboxylic acids is 1. The van der Waals surface area contributed by atoms with E-state index >= 15 is 0 Å². The molecule has 2 rings (SSSR count). The summed E-state index contributed by atoms with van der Waals surface area (Å²) in [5.41, 5.74) is 0. The molecule has 0 saturated carbocycles. The summed E-state index contributed by atoms with van der Waals surface area (Å²) >= 11 is 2.06. The Bertz CT molecular complexity index is 415. The highest BCUT2D eigenvalue weighted by molar-refractivity contribution is 8.00. The van der Waals surface area contributed by atoms with Crippen molar-refractivity contribution >= 4 is 23.6 Å². The van der Waals surface area contributed by atoms with E-state index in [1.165, 1.54) is 12.8 Å². The minimum absolute atomic E-state index is 0.278. The Balaban J connectivity index is 1.74. The van der Waals surface area contributed by atoms with Crippen LogP contribution >= 0.6 is 11.8 Å². The number of hydrogen-bond acceptors (Lipinski definition) is 3. The van der Waals surface area contributed by atoms with Gasteiger partial charge in [-0.1, -0.05) is 13.8 Å². The Kier molecular flexibility index (Phi) is 7.53. The summed E-state index contributed by atoms with van der Waals surface area (Å²) in [6.45, 7) is 9.11. The Morgan fingerprint density at radius 2 is 2.13 bits per heavy atom. The highest BCUT2D eigenvalue weighted by Gasteiger charge is 2.23. The van der Waals surface area contributed by atoms with Crippen LogP contribution in [0.3, 0.4) is 0 Å². The lowest BCUT2D eigenvalue weighted by molar-refractivity contribution is -0.132. The van der Waals surface area contributed by atoms with Crippen molar-refractivity contribution < 1.29 is 4.79 Å². The molecule has 5 nitrogen and oxygen atoms in total. The van der Waals surface area contributed by atoms with Crippen molar-refractivity contribution in [2.75, 3.05) is 45.5 Å². The Hall–Kier alpha value is -0.910. The minimum atomic E-state index is 0.278. The molecule has 2 unspecified atom stereocenters. The highest BCUT2D eigenvalue weighted by Crippen LogP contribution is 2.21. The number of hydrogen-bond donors (Lipinski definition) is 1. The summed E-state index contributed by atoms with van der Waals surface area (Å²) in [5, 5.41) is 4.08. The van der Waals surface area contributed by atoms with Crippen LogP contribution in [-0.2, 0) is 4.79 Å². The molecule has 2 aliphatic heterocycles. The van der Waals surface area contributed by atoms with Crippen LogP contribution in [0.2, 0.25) is 0 Å². The summed E-state index contributed by atoms with van der Waals surface area (Å²) in [4.78, 5) is 21.1. The molecule has 2 atom stereocenters.